The van der Waals surface area contributed by atoms with Crippen LogP contribution < -0.4 is 0 Å². The first-order chi connectivity index (χ1) is 7.06. The molecule has 2 unspecified atom stereocenters. The Morgan fingerprint density at radius 1 is 1.40 bits per heavy atom. The fourth-order valence-corrected chi connectivity index (χ4v) is 2.37. The minimum atomic E-state index is -3.13. The van der Waals surface area contributed by atoms with Gasteiger partial charge in [0, 0.05) is 11.5 Å². The Morgan fingerprint density at radius 3 is 2.53 bits per heavy atom. The Bertz CT molecular complexity index is 370. The van der Waals surface area contributed by atoms with E-state index < -0.39 is 7.37 Å². The van der Waals surface area contributed by atoms with E-state index in [0.29, 0.717) is 6.42 Å². The minimum Gasteiger partial charge on any atom is -0.341 e. The lowest BCUT2D eigenvalue weighted by atomic mass is 10.2. The monoisotopic (exact) mass is 224 g/mol. The van der Waals surface area contributed by atoms with E-state index in [2.05, 4.69) is 0 Å². The van der Waals surface area contributed by atoms with Crippen molar-refractivity contribution in [1.29, 1.82) is 0 Å². The Kier molecular flexibility index (Phi) is 4.31. The molecule has 0 radical (unpaired) electrons. The molecular weight excluding hydrogens is 207 g/mol. The summed E-state index contributed by atoms with van der Waals surface area (Å²) in [5, 5.41) is 0. The van der Waals surface area contributed by atoms with Crippen LogP contribution in [0.25, 0.3) is 6.08 Å². The van der Waals surface area contributed by atoms with Crippen molar-refractivity contribution in [2.24, 2.45) is 0 Å². The van der Waals surface area contributed by atoms with Crippen LogP contribution in [-0.2, 0) is 4.57 Å². The summed E-state index contributed by atoms with van der Waals surface area (Å²) in [4.78, 5) is 9.71. The van der Waals surface area contributed by atoms with E-state index in [-0.39, 0.29) is 5.66 Å². The van der Waals surface area contributed by atoms with Crippen LogP contribution in [0.4, 0.5) is 0 Å². The summed E-state index contributed by atoms with van der Waals surface area (Å²) < 4.78 is 11.8. The normalized spacial score (nSPS) is 17.5. The van der Waals surface area contributed by atoms with Crippen molar-refractivity contribution in [2.75, 3.05) is 0 Å². The molecule has 0 amide bonds. The van der Waals surface area contributed by atoms with Crippen molar-refractivity contribution in [3.8, 4) is 0 Å². The van der Waals surface area contributed by atoms with Gasteiger partial charge in [-0.2, -0.15) is 0 Å². The standard InChI is InChI=1S/C12H17O2P/c1-3-11(2)15(13,14)10-9-12-7-5-4-6-8-12/h4-11H,3H2,1-2H3,(H,13,14). The molecule has 0 heterocycles. The molecule has 1 aromatic rings. The third-order valence-electron chi connectivity index (χ3n) is 2.50. The van der Waals surface area contributed by atoms with Gasteiger partial charge in [0.1, 0.15) is 0 Å². The van der Waals surface area contributed by atoms with Gasteiger partial charge in [-0.25, -0.2) is 0 Å². The van der Waals surface area contributed by atoms with Gasteiger partial charge in [0.25, 0.3) is 0 Å². The van der Waals surface area contributed by atoms with Crippen molar-refractivity contribution in [2.45, 2.75) is 25.9 Å². The van der Waals surface area contributed by atoms with Crippen LogP contribution in [0.5, 0.6) is 0 Å². The van der Waals surface area contributed by atoms with Crippen molar-refractivity contribution in [3.63, 3.8) is 0 Å². The number of hydrogen-bond acceptors (Lipinski definition) is 1. The van der Waals surface area contributed by atoms with Gasteiger partial charge in [-0.05, 0) is 18.1 Å². The molecule has 2 nitrogen and oxygen atoms in total. The molecule has 0 saturated heterocycles. The summed E-state index contributed by atoms with van der Waals surface area (Å²) in [6.45, 7) is 3.72. The largest absolute Gasteiger partial charge is 0.341 e. The fraction of sp³-hybridized carbons (Fsp3) is 0.333. The molecule has 0 aliphatic rings. The van der Waals surface area contributed by atoms with Gasteiger partial charge < -0.3 is 4.89 Å². The molecule has 1 aromatic carbocycles. The van der Waals surface area contributed by atoms with Crippen molar-refractivity contribution >= 4 is 13.4 Å². The Labute approximate surface area is 91.1 Å². The predicted octanol–water partition coefficient (Wildman–Crippen LogP) is 3.73. The highest BCUT2D eigenvalue weighted by atomic mass is 31.2. The van der Waals surface area contributed by atoms with Gasteiger partial charge in [0.05, 0.1) is 0 Å². The molecule has 0 bridgehead atoms. The minimum absolute atomic E-state index is 0.169. The number of benzene rings is 1. The van der Waals surface area contributed by atoms with Gasteiger partial charge >= 0.3 is 0 Å². The van der Waals surface area contributed by atoms with Crippen LogP contribution in [0.2, 0.25) is 0 Å². The lowest BCUT2D eigenvalue weighted by Gasteiger charge is -2.13. The summed E-state index contributed by atoms with van der Waals surface area (Å²) in [6, 6.07) is 9.56. The van der Waals surface area contributed by atoms with Gasteiger partial charge in [0.15, 0.2) is 0 Å². The van der Waals surface area contributed by atoms with Crippen LogP contribution in [0.3, 0.4) is 0 Å². The molecule has 82 valence electrons. The fourth-order valence-electron chi connectivity index (χ4n) is 1.17. The topological polar surface area (TPSA) is 37.3 Å². The average molecular weight is 224 g/mol. The Morgan fingerprint density at radius 2 is 2.00 bits per heavy atom. The van der Waals surface area contributed by atoms with E-state index in [4.69, 9.17) is 0 Å². The van der Waals surface area contributed by atoms with E-state index >= 15 is 0 Å². The number of rotatable bonds is 4. The maximum Gasteiger partial charge on any atom is 0.225 e. The van der Waals surface area contributed by atoms with E-state index in [9.17, 15) is 9.46 Å². The van der Waals surface area contributed by atoms with E-state index in [0.717, 1.165) is 5.56 Å². The summed E-state index contributed by atoms with van der Waals surface area (Å²) >= 11 is 0. The molecule has 0 fully saturated rings. The molecule has 0 aromatic heterocycles. The van der Waals surface area contributed by atoms with Gasteiger partial charge in [0.2, 0.25) is 7.37 Å². The first-order valence-electron chi connectivity index (χ1n) is 5.12. The van der Waals surface area contributed by atoms with Crippen molar-refractivity contribution < 1.29 is 9.46 Å². The molecule has 3 heteroatoms. The van der Waals surface area contributed by atoms with Crippen molar-refractivity contribution in [3.05, 3.63) is 41.7 Å². The predicted molar refractivity (Wildman–Crippen MR) is 65.1 cm³/mol. The van der Waals surface area contributed by atoms with Crippen LogP contribution in [-0.4, -0.2) is 10.6 Å². The lowest BCUT2D eigenvalue weighted by Crippen LogP contribution is -1.98. The summed E-state index contributed by atoms with van der Waals surface area (Å²) in [6.07, 6.45) is 2.43. The first kappa shape index (κ1) is 12.2. The van der Waals surface area contributed by atoms with Crippen LogP contribution in [0.1, 0.15) is 25.8 Å². The smallest absolute Gasteiger partial charge is 0.225 e. The average Bonchev–Trinajstić information content (AvgIpc) is 2.27. The van der Waals surface area contributed by atoms with Crippen molar-refractivity contribution in [1.82, 2.24) is 0 Å². The molecule has 0 aliphatic carbocycles. The maximum absolute atomic E-state index is 11.8. The molecule has 0 aliphatic heterocycles. The molecule has 0 saturated carbocycles. The van der Waals surface area contributed by atoms with Crippen LogP contribution in [0, 0.1) is 0 Å². The Balaban J connectivity index is 2.78. The van der Waals surface area contributed by atoms with Gasteiger partial charge in [-0.15, -0.1) is 0 Å². The highest BCUT2D eigenvalue weighted by Crippen LogP contribution is 2.49. The zero-order chi connectivity index (χ0) is 11.3. The zero-order valence-corrected chi connectivity index (χ0v) is 10.0. The van der Waals surface area contributed by atoms with Gasteiger partial charge in [-0.1, -0.05) is 44.2 Å². The lowest BCUT2D eigenvalue weighted by molar-refractivity contribution is 0.475. The second-order valence-electron chi connectivity index (χ2n) is 3.66. The second kappa shape index (κ2) is 5.29. The summed E-state index contributed by atoms with van der Waals surface area (Å²) in [7, 11) is -3.13. The van der Waals surface area contributed by atoms with Crippen LogP contribution in [0.15, 0.2) is 36.1 Å². The molecule has 1 N–H and O–H groups in total. The molecule has 15 heavy (non-hydrogen) atoms. The maximum atomic E-state index is 11.8. The van der Waals surface area contributed by atoms with Crippen LogP contribution >= 0.6 is 7.37 Å². The summed E-state index contributed by atoms with van der Waals surface area (Å²) in [5.41, 5.74) is 0.785. The van der Waals surface area contributed by atoms with E-state index in [1.165, 1.54) is 5.82 Å². The quantitative estimate of drug-likeness (QED) is 0.791. The third kappa shape index (κ3) is 3.65. The first-order valence-corrected chi connectivity index (χ1v) is 6.92. The SMILES string of the molecule is CCC(C)P(=O)(O)C=Cc1ccccc1. The molecule has 2 atom stereocenters. The zero-order valence-electron chi connectivity index (χ0n) is 9.13. The van der Waals surface area contributed by atoms with Gasteiger partial charge in [-0.3, -0.25) is 4.57 Å². The Hall–Kier alpha value is -0.850. The highest BCUT2D eigenvalue weighted by molar-refractivity contribution is 7.62. The molecular formula is C12H17O2P. The second-order valence-corrected chi connectivity index (χ2v) is 6.18. The summed E-state index contributed by atoms with van der Waals surface area (Å²) in [5.74, 6) is 1.44. The van der Waals surface area contributed by atoms with E-state index in [1.807, 2.05) is 37.3 Å². The molecule has 1 rings (SSSR count). The van der Waals surface area contributed by atoms with E-state index in [1.54, 1.807) is 13.0 Å². The number of hydrogen-bond donors (Lipinski definition) is 1. The molecule has 0 spiro atoms. The highest BCUT2D eigenvalue weighted by Gasteiger charge is 2.21. The third-order valence-corrected chi connectivity index (χ3v) is 4.71.